The number of hydrogen-bond donors (Lipinski definition) is 2. The minimum atomic E-state index is -1.09. The van der Waals surface area contributed by atoms with Gasteiger partial charge in [0.25, 0.3) is 0 Å². The molecule has 1 aromatic rings. The molecule has 1 aliphatic rings. The van der Waals surface area contributed by atoms with Gasteiger partial charge in [0, 0.05) is 6.42 Å². The highest BCUT2D eigenvalue weighted by Crippen LogP contribution is 2.29. The molecule has 5 heteroatoms. The standard InChI is InChI=1S/C12H13ClO4/c13-6-10(15)12(16)7-1-2-11-8(5-7)9(14)3-4-17-11/h1-2,5,10,12,15-16H,3-4,6H2. The average molecular weight is 257 g/mol. The Morgan fingerprint density at radius 3 is 2.88 bits per heavy atom. The summed E-state index contributed by atoms with van der Waals surface area (Å²) in [4.78, 5) is 11.6. The number of aliphatic hydroxyl groups is 2. The van der Waals surface area contributed by atoms with Gasteiger partial charge in [0.05, 0.1) is 24.2 Å². The molecular formula is C12H13ClO4. The maximum absolute atomic E-state index is 11.6. The Morgan fingerprint density at radius 2 is 2.18 bits per heavy atom. The minimum absolute atomic E-state index is 0.0133. The van der Waals surface area contributed by atoms with Crippen LogP contribution in [0.2, 0.25) is 0 Å². The van der Waals surface area contributed by atoms with Crippen molar-refractivity contribution in [3.05, 3.63) is 29.3 Å². The van der Waals surface area contributed by atoms with E-state index in [1.54, 1.807) is 18.2 Å². The molecule has 2 N–H and O–H groups in total. The number of carbonyl (C=O) groups excluding carboxylic acids is 1. The van der Waals surface area contributed by atoms with Gasteiger partial charge in [0.2, 0.25) is 0 Å². The fourth-order valence-corrected chi connectivity index (χ4v) is 1.94. The van der Waals surface area contributed by atoms with Gasteiger partial charge in [-0.3, -0.25) is 4.79 Å². The van der Waals surface area contributed by atoms with Gasteiger partial charge in [-0.2, -0.15) is 0 Å². The number of hydrogen-bond acceptors (Lipinski definition) is 4. The molecule has 0 spiro atoms. The minimum Gasteiger partial charge on any atom is -0.492 e. The van der Waals surface area contributed by atoms with Crippen LogP contribution < -0.4 is 4.74 Å². The first-order valence-electron chi connectivity index (χ1n) is 5.35. The van der Waals surface area contributed by atoms with E-state index in [4.69, 9.17) is 16.3 Å². The van der Waals surface area contributed by atoms with Crippen LogP contribution in [0.25, 0.3) is 0 Å². The summed E-state index contributed by atoms with van der Waals surface area (Å²) in [5, 5.41) is 19.2. The van der Waals surface area contributed by atoms with Gasteiger partial charge in [-0.15, -0.1) is 11.6 Å². The number of halogens is 1. The van der Waals surface area contributed by atoms with E-state index < -0.39 is 12.2 Å². The number of benzene rings is 1. The first kappa shape index (κ1) is 12.4. The van der Waals surface area contributed by atoms with Gasteiger partial charge in [0.1, 0.15) is 11.9 Å². The lowest BCUT2D eigenvalue weighted by Crippen LogP contribution is -2.21. The molecule has 2 rings (SSSR count). The number of rotatable bonds is 3. The zero-order valence-electron chi connectivity index (χ0n) is 9.10. The van der Waals surface area contributed by atoms with Crippen LogP contribution in [0, 0.1) is 0 Å². The molecule has 2 unspecified atom stereocenters. The first-order chi connectivity index (χ1) is 8.13. The van der Waals surface area contributed by atoms with Crippen molar-refractivity contribution in [2.24, 2.45) is 0 Å². The molecule has 0 bridgehead atoms. The van der Waals surface area contributed by atoms with E-state index in [-0.39, 0.29) is 11.7 Å². The second-order valence-corrected chi connectivity index (χ2v) is 4.25. The predicted octanol–water partition coefficient (Wildman–Crippen LogP) is 1.28. The molecule has 1 heterocycles. The molecule has 0 saturated heterocycles. The van der Waals surface area contributed by atoms with Crippen LogP contribution in [0.5, 0.6) is 5.75 Å². The molecule has 0 amide bonds. The molecule has 4 nitrogen and oxygen atoms in total. The van der Waals surface area contributed by atoms with Crippen molar-refractivity contribution < 1.29 is 19.7 Å². The van der Waals surface area contributed by atoms with Crippen molar-refractivity contribution in [2.45, 2.75) is 18.6 Å². The van der Waals surface area contributed by atoms with Crippen LogP contribution in [0.1, 0.15) is 28.4 Å². The largest absolute Gasteiger partial charge is 0.492 e. The van der Waals surface area contributed by atoms with Gasteiger partial charge < -0.3 is 14.9 Å². The van der Waals surface area contributed by atoms with E-state index in [2.05, 4.69) is 0 Å². The lowest BCUT2D eigenvalue weighted by atomic mass is 9.98. The molecule has 0 aliphatic carbocycles. The Hall–Kier alpha value is -1.10. The quantitative estimate of drug-likeness (QED) is 0.800. The molecule has 1 aromatic carbocycles. The van der Waals surface area contributed by atoms with Crippen LogP contribution >= 0.6 is 11.6 Å². The fourth-order valence-electron chi connectivity index (χ4n) is 1.77. The molecular weight excluding hydrogens is 244 g/mol. The van der Waals surface area contributed by atoms with Gasteiger partial charge in [-0.25, -0.2) is 0 Å². The van der Waals surface area contributed by atoms with Crippen molar-refractivity contribution in [3.63, 3.8) is 0 Å². The molecule has 2 atom stereocenters. The molecule has 92 valence electrons. The highest BCUT2D eigenvalue weighted by Gasteiger charge is 2.23. The van der Waals surface area contributed by atoms with Crippen LogP contribution in [0.3, 0.4) is 0 Å². The topological polar surface area (TPSA) is 66.8 Å². The number of ketones is 1. The van der Waals surface area contributed by atoms with Gasteiger partial charge in [-0.1, -0.05) is 6.07 Å². The van der Waals surface area contributed by atoms with Gasteiger partial charge in [-0.05, 0) is 17.7 Å². The lowest BCUT2D eigenvalue weighted by Gasteiger charge is -2.20. The summed E-state index contributed by atoms with van der Waals surface area (Å²) in [5.74, 6) is 0.445. The number of Topliss-reactive ketones (excluding diaryl/α,β-unsaturated/α-hetero) is 1. The normalized spacial score (nSPS) is 18.2. The number of fused-ring (bicyclic) bond motifs is 1. The summed E-state index contributed by atoms with van der Waals surface area (Å²) in [6, 6.07) is 4.81. The van der Waals surface area contributed by atoms with Gasteiger partial charge >= 0.3 is 0 Å². The SMILES string of the molecule is O=C1CCOc2ccc(C(O)C(O)CCl)cc21. The first-order valence-corrected chi connectivity index (χ1v) is 5.89. The number of aliphatic hydroxyl groups excluding tert-OH is 2. The maximum atomic E-state index is 11.6. The highest BCUT2D eigenvalue weighted by molar-refractivity contribution is 6.18. The fraction of sp³-hybridized carbons (Fsp3) is 0.417. The van der Waals surface area contributed by atoms with E-state index in [0.717, 1.165) is 0 Å². The zero-order chi connectivity index (χ0) is 12.4. The monoisotopic (exact) mass is 256 g/mol. The number of ether oxygens (including phenoxy) is 1. The average Bonchev–Trinajstić information content (AvgIpc) is 2.37. The van der Waals surface area contributed by atoms with E-state index in [0.29, 0.717) is 29.9 Å². The summed E-state index contributed by atoms with van der Waals surface area (Å²) in [7, 11) is 0. The van der Waals surface area contributed by atoms with Crippen LogP contribution in [-0.4, -0.2) is 34.6 Å². The summed E-state index contributed by atoms with van der Waals surface area (Å²) in [6.07, 6.45) is -1.80. The molecule has 17 heavy (non-hydrogen) atoms. The third kappa shape index (κ3) is 2.44. The molecule has 0 radical (unpaired) electrons. The third-order valence-electron chi connectivity index (χ3n) is 2.75. The number of alkyl halides is 1. The Morgan fingerprint density at radius 1 is 1.41 bits per heavy atom. The smallest absolute Gasteiger partial charge is 0.170 e. The molecule has 0 fully saturated rings. The Labute approximate surface area is 104 Å². The second-order valence-electron chi connectivity index (χ2n) is 3.94. The zero-order valence-corrected chi connectivity index (χ0v) is 9.85. The molecule has 0 aromatic heterocycles. The van der Waals surface area contributed by atoms with Crippen molar-refractivity contribution in [2.75, 3.05) is 12.5 Å². The van der Waals surface area contributed by atoms with Crippen molar-refractivity contribution in [1.29, 1.82) is 0 Å². The highest BCUT2D eigenvalue weighted by atomic mass is 35.5. The van der Waals surface area contributed by atoms with Gasteiger partial charge in [0.15, 0.2) is 5.78 Å². The summed E-state index contributed by atoms with van der Waals surface area (Å²) < 4.78 is 5.32. The Balaban J connectivity index is 2.32. The number of carbonyl (C=O) groups is 1. The summed E-state index contributed by atoms with van der Waals surface area (Å²) in [5.41, 5.74) is 0.922. The Bertz CT molecular complexity index is 433. The van der Waals surface area contributed by atoms with Crippen molar-refractivity contribution in [3.8, 4) is 5.75 Å². The maximum Gasteiger partial charge on any atom is 0.170 e. The summed E-state index contributed by atoms with van der Waals surface area (Å²) in [6.45, 7) is 0.387. The second kappa shape index (κ2) is 5.04. The van der Waals surface area contributed by atoms with Crippen molar-refractivity contribution >= 4 is 17.4 Å². The molecule has 1 aliphatic heterocycles. The van der Waals surface area contributed by atoms with E-state index in [9.17, 15) is 15.0 Å². The van der Waals surface area contributed by atoms with Crippen LogP contribution in [-0.2, 0) is 0 Å². The van der Waals surface area contributed by atoms with E-state index in [1.165, 1.54) is 0 Å². The predicted molar refractivity (Wildman–Crippen MR) is 62.6 cm³/mol. The van der Waals surface area contributed by atoms with E-state index >= 15 is 0 Å². The third-order valence-corrected chi connectivity index (χ3v) is 3.07. The van der Waals surface area contributed by atoms with Crippen LogP contribution in [0.4, 0.5) is 0 Å². The summed E-state index contributed by atoms with van der Waals surface area (Å²) >= 11 is 5.47. The Kier molecular flexibility index (Phi) is 3.66. The van der Waals surface area contributed by atoms with Crippen molar-refractivity contribution in [1.82, 2.24) is 0 Å². The molecule has 0 saturated carbocycles. The lowest BCUT2D eigenvalue weighted by molar-refractivity contribution is 0.0326. The van der Waals surface area contributed by atoms with E-state index in [1.807, 2.05) is 0 Å². The van der Waals surface area contributed by atoms with Crippen LogP contribution in [0.15, 0.2) is 18.2 Å².